The van der Waals surface area contributed by atoms with Gasteiger partial charge in [-0.2, -0.15) is 8.42 Å². The number of nitrogens with one attached hydrogen (secondary N) is 1. The van der Waals surface area contributed by atoms with E-state index in [2.05, 4.69) is 22.6 Å². The molecule has 0 amide bonds. The van der Waals surface area contributed by atoms with Gasteiger partial charge in [-0.15, -0.1) is 0 Å². The van der Waals surface area contributed by atoms with Gasteiger partial charge in [0.25, 0.3) is 0 Å². The quantitative estimate of drug-likeness (QED) is 0.759. The van der Waals surface area contributed by atoms with Gasteiger partial charge in [0.1, 0.15) is 0 Å². The van der Waals surface area contributed by atoms with Crippen LogP contribution in [0.3, 0.4) is 0 Å². The van der Waals surface area contributed by atoms with Crippen LogP contribution in [0.25, 0.3) is 0 Å². The highest BCUT2D eigenvalue weighted by Gasteiger charge is 2.28. The number of anilines is 1. The molecule has 1 heterocycles. The predicted octanol–water partition coefficient (Wildman–Crippen LogP) is 1.30. The Morgan fingerprint density at radius 3 is 2.33 bits per heavy atom. The molecule has 0 fully saturated rings. The van der Waals surface area contributed by atoms with E-state index in [1.54, 1.807) is 24.3 Å². The number of benzene rings is 1. The third-order valence-corrected chi connectivity index (χ3v) is 3.83. The van der Waals surface area contributed by atoms with Crippen molar-refractivity contribution < 1.29 is 13.5 Å². The summed E-state index contributed by atoms with van der Waals surface area (Å²) in [5.74, 6) is -0.381. The fourth-order valence-electron chi connectivity index (χ4n) is 1.19. The maximum absolute atomic E-state index is 11.5. The molecular formula is C8H7IN2O3S. The largest absolute Gasteiger partial charge is 0.493 e. The Labute approximate surface area is 101 Å². The summed E-state index contributed by atoms with van der Waals surface area (Å²) in [4.78, 5) is 0. The number of rotatable bonds is 1. The summed E-state index contributed by atoms with van der Waals surface area (Å²) in [6.45, 7) is 0. The van der Waals surface area contributed by atoms with Gasteiger partial charge in [-0.25, -0.2) is 9.03 Å². The van der Waals surface area contributed by atoms with Gasteiger partial charge in [0.2, 0.25) is 5.88 Å². The van der Waals surface area contributed by atoms with Crippen molar-refractivity contribution in [2.24, 2.45) is 0 Å². The fourth-order valence-corrected chi connectivity index (χ4v) is 2.60. The molecule has 0 unspecified atom stereocenters. The van der Waals surface area contributed by atoms with E-state index in [9.17, 15) is 8.42 Å². The molecule has 80 valence electrons. The van der Waals surface area contributed by atoms with E-state index in [-0.39, 0.29) is 5.88 Å². The topological polar surface area (TPSA) is 69.6 Å². The minimum atomic E-state index is -3.66. The molecule has 5 nitrogen and oxygen atoms in total. The lowest BCUT2D eigenvalue weighted by Crippen LogP contribution is -2.29. The van der Waals surface area contributed by atoms with E-state index in [0.29, 0.717) is 5.69 Å². The molecule has 2 rings (SSSR count). The Hall–Kier alpha value is -0.960. The molecule has 0 aromatic heterocycles. The van der Waals surface area contributed by atoms with E-state index < -0.39 is 10.2 Å². The zero-order valence-electron chi connectivity index (χ0n) is 7.38. The normalized spacial score (nSPS) is 18.5. The molecule has 0 saturated heterocycles. The van der Waals surface area contributed by atoms with Crippen molar-refractivity contribution in [1.82, 2.24) is 4.72 Å². The summed E-state index contributed by atoms with van der Waals surface area (Å²) in [5.41, 5.74) is 0.479. The number of halogens is 1. The summed E-state index contributed by atoms with van der Waals surface area (Å²) in [6, 6.07) is 6.90. The molecule has 0 bridgehead atoms. The molecule has 0 saturated carbocycles. The zero-order chi connectivity index (χ0) is 11.1. The van der Waals surface area contributed by atoms with Crippen LogP contribution in [0.1, 0.15) is 0 Å². The van der Waals surface area contributed by atoms with Crippen LogP contribution in [-0.2, 0) is 10.2 Å². The van der Waals surface area contributed by atoms with Crippen molar-refractivity contribution in [3.05, 3.63) is 39.9 Å². The van der Waals surface area contributed by atoms with Crippen molar-refractivity contribution in [1.29, 1.82) is 0 Å². The van der Waals surface area contributed by atoms with Crippen LogP contribution in [0.2, 0.25) is 0 Å². The molecular weight excluding hydrogens is 331 g/mol. The van der Waals surface area contributed by atoms with E-state index in [1.165, 1.54) is 0 Å². The van der Waals surface area contributed by atoms with Gasteiger partial charge in [0, 0.05) is 3.57 Å². The second-order valence-electron chi connectivity index (χ2n) is 2.89. The molecule has 1 aliphatic rings. The lowest BCUT2D eigenvalue weighted by Gasteiger charge is -2.13. The maximum atomic E-state index is 11.5. The summed E-state index contributed by atoms with van der Waals surface area (Å²) in [5, 5.41) is 9.08. The standard InChI is InChI=1S/C8H7IN2O3S/c9-6-1-3-7(4-2-6)11-5-8(12)10-15(11,13)14/h1-5,10,12H. The molecule has 7 heteroatoms. The summed E-state index contributed by atoms with van der Waals surface area (Å²) >= 11 is 2.12. The van der Waals surface area contributed by atoms with Gasteiger partial charge in [0.15, 0.2) is 0 Å². The van der Waals surface area contributed by atoms with E-state index >= 15 is 0 Å². The highest BCUT2D eigenvalue weighted by Crippen LogP contribution is 2.23. The third kappa shape index (κ3) is 2.02. The number of aliphatic hydroxyl groups is 1. The summed E-state index contributed by atoms with van der Waals surface area (Å²) in [7, 11) is -3.66. The van der Waals surface area contributed by atoms with Crippen LogP contribution in [0, 0.1) is 3.57 Å². The SMILES string of the molecule is O=S1(=O)NC(O)=CN1c1ccc(I)cc1. The maximum Gasteiger partial charge on any atom is 0.330 e. The highest BCUT2D eigenvalue weighted by molar-refractivity contribution is 14.1. The third-order valence-electron chi connectivity index (χ3n) is 1.81. The molecule has 0 spiro atoms. The van der Waals surface area contributed by atoms with Crippen LogP contribution in [0.15, 0.2) is 36.3 Å². The average molecular weight is 338 g/mol. The van der Waals surface area contributed by atoms with Gasteiger partial charge in [-0.3, -0.25) is 0 Å². The van der Waals surface area contributed by atoms with Gasteiger partial charge in [-0.1, -0.05) is 0 Å². The molecule has 1 aromatic rings. The molecule has 0 aliphatic carbocycles. The van der Waals surface area contributed by atoms with Crippen molar-refractivity contribution in [3.63, 3.8) is 0 Å². The average Bonchev–Trinajstić information content (AvgIpc) is 2.41. The Morgan fingerprint density at radius 1 is 1.27 bits per heavy atom. The first-order chi connectivity index (χ1) is 6.99. The minimum absolute atomic E-state index is 0.381. The minimum Gasteiger partial charge on any atom is -0.493 e. The smallest absolute Gasteiger partial charge is 0.330 e. The molecule has 2 N–H and O–H groups in total. The molecule has 1 aromatic carbocycles. The number of hydrogen-bond donors (Lipinski definition) is 2. The van der Waals surface area contributed by atoms with Gasteiger partial charge >= 0.3 is 10.2 Å². The van der Waals surface area contributed by atoms with E-state index in [4.69, 9.17) is 5.11 Å². The molecule has 0 atom stereocenters. The monoisotopic (exact) mass is 338 g/mol. The lowest BCUT2D eigenvalue weighted by atomic mass is 10.3. The second-order valence-corrected chi connectivity index (χ2v) is 5.69. The molecule has 15 heavy (non-hydrogen) atoms. The van der Waals surface area contributed by atoms with Crippen molar-refractivity contribution >= 4 is 38.5 Å². The van der Waals surface area contributed by atoms with Crippen molar-refractivity contribution in [2.75, 3.05) is 4.31 Å². The Bertz CT molecular complexity index is 509. The van der Waals surface area contributed by atoms with E-state index in [0.717, 1.165) is 14.1 Å². The first kappa shape index (κ1) is 10.6. The van der Waals surface area contributed by atoms with Crippen LogP contribution >= 0.6 is 22.6 Å². The zero-order valence-corrected chi connectivity index (χ0v) is 10.4. The number of hydrogen-bond acceptors (Lipinski definition) is 3. The number of aliphatic hydroxyl groups excluding tert-OH is 1. The second kappa shape index (κ2) is 3.56. The molecule has 1 aliphatic heterocycles. The van der Waals surface area contributed by atoms with Gasteiger partial charge < -0.3 is 5.11 Å². The van der Waals surface area contributed by atoms with Gasteiger partial charge in [-0.05, 0) is 46.9 Å². The van der Waals surface area contributed by atoms with Crippen LogP contribution < -0.4 is 9.03 Å². The summed E-state index contributed by atoms with van der Waals surface area (Å²) < 4.78 is 26.9. The van der Waals surface area contributed by atoms with Crippen LogP contribution in [0.5, 0.6) is 0 Å². The van der Waals surface area contributed by atoms with Crippen molar-refractivity contribution in [3.8, 4) is 0 Å². The molecule has 0 radical (unpaired) electrons. The fraction of sp³-hybridized carbons (Fsp3) is 0. The van der Waals surface area contributed by atoms with Crippen LogP contribution in [-0.4, -0.2) is 13.5 Å². The van der Waals surface area contributed by atoms with Gasteiger partial charge in [0.05, 0.1) is 11.9 Å². The Balaban J connectivity index is 2.43. The first-order valence-electron chi connectivity index (χ1n) is 3.97. The number of nitrogens with zero attached hydrogens (tertiary/aromatic N) is 1. The lowest BCUT2D eigenvalue weighted by molar-refractivity contribution is 0.392. The first-order valence-corrected chi connectivity index (χ1v) is 6.49. The van der Waals surface area contributed by atoms with E-state index in [1.807, 2.05) is 4.72 Å². The van der Waals surface area contributed by atoms with Crippen molar-refractivity contribution in [2.45, 2.75) is 0 Å². The van der Waals surface area contributed by atoms with Crippen LogP contribution in [0.4, 0.5) is 5.69 Å². The Kier molecular flexibility index (Phi) is 2.51. The summed E-state index contributed by atoms with van der Waals surface area (Å²) in [6.07, 6.45) is 1.12. The predicted molar refractivity (Wildman–Crippen MR) is 64.4 cm³/mol. The highest BCUT2D eigenvalue weighted by atomic mass is 127. The Morgan fingerprint density at radius 2 is 1.87 bits per heavy atom.